The first-order chi connectivity index (χ1) is 14.0. The monoisotopic (exact) mass is 437 g/mol. The molecule has 0 bridgehead atoms. The maximum absolute atomic E-state index is 12.5. The fourth-order valence-corrected chi connectivity index (χ4v) is 4.67. The number of thiophene rings is 1. The van der Waals surface area contributed by atoms with E-state index in [0.717, 1.165) is 32.6 Å². The van der Waals surface area contributed by atoms with Gasteiger partial charge < -0.3 is 4.98 Å². The molecule has 5 aromatic rings. The van der Waals surface area contributed by atoms with Gasteiger partial charge in [0.15, 0.2) is 0 Å². The summed E-state index contributed by atoms with van der Waals surface area (Å²) >= 11 is 13.5. The Morgan fingerprint density at radius 3 is 2.17 bits per heavy atom. The maximum Gasteiger partial charge on any atom is 0.268 e. The zero-order chi connectivity index (χ0) is 20.1. The molecule has 0 aliphatic carbocycles. The number of nitrogens with zero attached hydrogens (tertiary/aromatic N) is 2. The number of hydrogen-bond acceptors (Lipinski definition) is 4. The Hall–Kier alpha value is -2.73. The molecule has 0 atom stereocenters. The molecule has 0 saturated heterocycles. The lowest BCUT2D eigenvalue weighted by Crippen LogP contribution is -2.07. The van der Waals surface area contributed by atoms with E-state index in [2.05, 4.69) is 9.97 Å². The lowest BCUT2D eigenvalue weighted by molar-refractivity contribution is 1.07. The van der Waals surface area contributed by atoms with Crippen LogP contribution in [0, 0.1) is 6.92 Å². The molecule has 7 heteroatoms. The molecule has 4 nitrogen and oxygen atoms in total. The summed E-state index contributed by atoms with van der Waals surface area (Å²) in [6, 6.07) is 17.2. The van der Waals surface area contributed by atoms with Gasteiger partial charge in [-0.1, -0.05) is 47.5 Å². The summed E-state index contributed by atoms with van der Waals surface area (Å²) in [6.07, 6.45) is 0. The van der Waals surface area contributed by atoms with Crippen molar-refractivity contribution < 1.29 is 0 Å². The number of aromatic nitrogens is 3. The minimum Gasteiger partial charge on any atom is -0.310 e. The molecule has 0 radical (unpaired) electrons. The number of fused-ring (bicyclic) bond motifs is 3. The van der Waals surface area contributed by atoms with Crippen molar-refractivity contribution in [2.45, 2.75) is 6.92 Å². The zero-order valence-electron chi connectivity index (χ0n) is 15.2. The maximum atomic E-state index is 12.5. The summed E-state index contributed by atoms with van der Waals surface area (Å²) in [5.41, 5.74) is 4.22. The minimum absolute atomic E-state index is 0.148. The molecular weight excluding hydrogens is 425 g/mol. The number of hydrogen-bond donors (Lipinski definition) is 1. The van der Waals surface area contributed by atoms with E-state index < -0.39 is 0 Å². The van der Waals surface area contributed by atoms with Gasteiger partial charge in [-0.2, -0.15) is 0 Å². The van der Waals surface area contributed by atoms with Crippen LogP contribution in [0.3, 0.4) is 0 Å². The van der Waals surface area contributed by atoms with Gasteiger partial charge in [0, 0.05) is 21.0 Å². The number of aryl methyl sites for hydroxylation is 1. The normalized spacial score (nSPS) is 11.4. The summed E-state index contributed by atoms with van der Waals surface area (Å²) in [5, 5.41) is 2.21. The van der Waals surface area contributed by atoms with Crippen molar-refractivity contribution in [3.05, 3.63) is 80.8 Å². The van der Waals surface area contributed by atoms with Crippen LogP contribution in [-0.4, -0.2) is 15.0 Å². The van der Waals surface area contributed by atoms with Gasteiger partial charge >= 0.3 is 0 Å². The van der Waals surface area contributed by atoms with Gasteiger partial charge in [0.05, 0.1) is 11.2 Å². The van der Waals surface area contributed by atoms with Crippen molar-refractivity contribution in [3.63, 3.8) is 0 Å². The van der Waals surface area contributed by atoms with Gasteiger partial charge in [-0.05, 0) is 48.4 Å². The number of rotatable bonds is 2. The van der Waals surface area contributed by atoms with Crippen LogP contribution in [0.5, 0.6) is 0 Å². The Kier molecular flexibility index (Phi) is 4.39. The molecule has 3 heterocycles. The molecule has 1 N–H and O–H groups in total. The van der Waals surface area contributed by atoms with Gasteiger partial charge in [-0.3, -0.25) is 4.79 Å². The van der Waals surface area contributed by atoms with E-state index in [1.807, 2.05) is 54.6 Å². The highest BCUT2D eigenvalue weighted by Gasteiger charge is 2.18. The van der Waals surface area contributed by atoms with Gasteiger partial charge in [0.1, 0.15) is 15.4 Å². The highest BCUT2D eigenvalue weighted by atomic mass is 35.5. The Morgan fingerprint density at radius 2 is 1.52 bits per heavy atom. The predicted octanol–water partition coefficient (Wildman–Crippen LogP) is 6.48. The van der Waals surface area contributed by atoms with Crippen LogP contribution >= 0.6 is 34.5 Å². The SMILES string of the molecule is Cc1nc2c(sc3nc(-c4ccc(Cl)cc4)cc(-c4ccc(Cl)cc4)c32)c(=O)[nH]1. The molecule has 0 aliphatic heterocycles. The van der Waals surface area contributed by atoms with E-state index in [9.17, 15) is 4.79 Å². The van der Waals surface area contributed by atoms with Crippen molar-refractivity contribution in [1.82, 2.24) is 15.0 Å². The second-order valence-corrected chi connectivity index (χ2v) is 8.55. The van der Waals surface area contributed by atoms with Crippen molar-refractivity contribution in [1.29, 1.82) is 0 Å². The summed E-state index contributed by atoms with van der Waals surface area (Å²) in [4.78, 5) is 25.5. The van der Waals surface area contributed by atoms with Gasteiger partial charge in [0.2, 0.25) is 0 Å². The van der Waals surface area contributed by atoms with E-state index in [4.69, 9.17) is 28.2 Å². The molecular formula is C22H13Cl2N3OS. The third-order valence-electron chi connectivity index (χ3n) is 4.71. The smallest absolute Gasteiger partial charge is 0.268 e. The number of aromatic amines is 1. The number of nitrogens with one attached hydrogen (secondary N) is 1. The standard InChI is InChI=1S/C22H13Cl2N3OS/c1-11-25-19-18-16(12-2-6-14(23)7-3-12)10-17(13-4-8-15(24)9-5-13)27-22(18)29-20(19)21(28)26-11/h2-10H,1H3,(H,25,26,28). The predicted molar refractivity (Wildman–Crippen MR) is 121 cm³/mol. The van der Waals surface area contributed by atoms with Crippen LogP contribution in [0.1, 0.15) is 5.82 Å². The quantitative estimate of drug-likeness (QED) is 0.343. The largest absolute Gasteiger partial charge is 0.310 e. The molecule has 142 valence electrons. The van der Waals surface area contributed by atoms with Crippen molar-refractivity contribution in [3.8, 4) is 22.4 Å². The molecule has 0 fully saturated rings. The van der Waals surface area contributed by atoms with Crippen LogP contribution < -0.4 is 5.56 Å². The molecule has 3 aromatic heterocycles. The first kappa shape index (κ1) is 18.3. The average Bonchev–Trinajstić information content (AvgIpc) is 3.07. The van der Waals surface area contributed by atoms with E-state index >= 15 is 0 Å². The minimum atomic E-state index is -0.148. The lowest BCUT2D eigenvalue weighted by atomic mass is 10.00. The summed E-state index contributed by atoms with van der Waals surface area (Å²) in [6.45, 7) is 1.78. The summed E-state index contributed by atoms with van der Waals surface area (Å²) in [7, 11) is 0. The Labute approximate surface area is 179 Å². The summed E-state index contributed by atoms with van der Waals surface area (Å²) in [5.74, 6) is 0.575. The lowest BCUT2D eigenvalue weighted by Gasteiger charge is -2.09. The topological polar surface area (TPSA) is 58.6 Å². The highest BCUT2D eigenvalue weighted by Crippen LogP contribution is 2.39. The Morgan fingerprint density at radius 1 is 0.897 bits per heavy atom. The molecule has 0 unspecified atom stereocenters. The van der Waals surface area contributed by atoms with E-state index in [-0.39, 0.29) is 5.56 Å². The Balaban J connectivity index is 1.90. The molecule has 29 heavy (non-hydrogen) atoms. The third-order valence-corrected chi connectivity index (χ3v) is 6.29. The van der Waals surface area contributed by atoms with Crippen LogP contribution in [0.2, 0.25) is 10.0 Å². The molecule has 0 amide bonds. The van der Waals surface area contributed by atoms with E-state index in [1.54, 1.807) is 6.92 Å². The summed E-state index contributed by atoms with van der Waals surface area (Å²) < 4.78 is 0.571. The Bertz CT molecular complexity index is 1440. The molecule has 0 aliphatic rings. The van der Waals surface area contributed by atoms with Gasteiger partial charge in [0.25, 0.3) is 5.56 Å². The average molecular weight is 438 g/mol. The third kappa shape index (κ3) is 3.21. The number of H-pyrrole nitrogens is 1. The van der Waals surface area contributed by atoms with Crippen LogP contribution in [0.15, 0.2) is 59.4 Å². The molecule has 5 rings (SSSR count). The van der Waals surface area contributed by atoms with Crippen molar-refractivity contribution >= 4 is 55.0 Å². The van der Waals surface area contributed by atoms with Gasteiger partial charge in [-0.25, -0.2) is 9.97 Å². The second kappa shape index (κ2) is 6.95. The fourth-order valence-electron chi connectivity index (χ4n) is 3.39. The number of pyridine rings is 1. The van der Waals surface area contributed by atoms with Crippen LogP contribution in [0.25, 0.3) is 42.8 Å². The van der Waals surface area contributed by atoms with Crippen molar-refractivity contribution in [2.75, 3.05) is 0 Å². The highest BCUT2D eigenvalue weighted by molar-refractivity contribution is 7.25. The van der Waals surface area contributed by atoms with Crippen LogP contribution in [0.4, 0.5) is 0 Å². The van der Waals surface area contributed by atoms with Crippen molar-refractivity contribution in [2.24, 2.45) is 0 Å². The zero-order valence-corrected chi connectivity index (χ0v) is 17.5. The van der Waals surface area contributed by atoms with E-state index in [0.29, 0.717) is 26.1 Å². The first-order valence-electron chi connectivity index (χ1n) is 8.85. The molecule has 0 spiro atoms. The number of halogens is 2. The fraction of sp³-hybridized carbons (Fsp3) is 0.0455. The molecule has 2 aromatic carbocycles. The van der Waals surface area contributed by atoms with Crippen LogP contribution in [-0.2, 0) is 0 Å². The first-order valence-corrected chi connectivity index (χ1v) is 10.4. The van der Waals surface area contributed by atoms with E-state index in [1.165, 1.54) is 11.3 Å². The molecule has 0 saturated carbocycles. The second-order valence-electron chi connectivity index (χ2n) is 6.68. The number of benzene rings is 2. The van der Waals surface area contributed by atoms with Gasteiger partial charge in [-0.15, -0.1) is 11.3 Å².